The van der Waals surface area contributed by atoms with Crippen molar-refractivity contribution < 1.29 is 0 Å². The summed E-state index contributed by atoms with van der Waals surface area (Å²) in [4.78, 5) is 13.2. The lowest BCUT2D eigenvalue weighted by molar-refractivity contribution is 0.862. The molecule has 2 aliphatic rings. The molecule has 0 spiro atoms. The predicted molar refractivity (Wildman–Crippen MR) is 190 cm³/mol. The average Bonchev–Trinajstić information content (AvgIpc) is 3.51. The molecule has 0 aromatic heterocycles. The van der Waals surface area contributed by atoms with Gasteiger partial charge in [0.25, 0.3) is 0 Å². The number of nitrogens with zero attached hydrogens (tertiary/aromatic N) is 3. The van der Waals surface area contributed by atoms with Crippen molar-refractivity contribution in [2.24, 2.45) is 9.98 Å². The van der Waals surface area contributed by atoms with Crippen molar-refractivity contribution >= 4 is 46.9 Å². The summed E-state index contributed by atoms with van der Waals surface area (Å²) in [6, 6.07) is 53.9. The van der Waals surface area contributed by atoms with Gasteiger partial charge in [0.2, 0.25) is 0 Å². The number of para-hydroxylation sites is 4. The molecule has 0 fully saturated rings. The first-order chi connectivity index (χ1) is 22.3. The highest BCUT2D eigenvalue weighted by Gasteiger charge is 2.41. The molecule has 0 radical (unpaired) electrons. The number of fused-ring (bicyclic) bond motifs is 5. The Morgan fingerprint density at radius 1 is 0.622 bits per heavy atom. The number of anilines is 2. The van der Waals surface area contributed by atoms with Gasteiger partial charge < -0.3 is 4.90 Å². The van der Waals surface area contributed by atoms with Gasteiger partial charge in [0.15, 0.2) is 0 Å². The third-order valence-electron chi connectivity index (χ3n) is 8.81. The van der Waals surface area contributed by atoms with Gasteiger partial charge in [-0.3, -0.25) is 9.98 Å². The fraction of sp³-hybridized carbons (Fsp3) is 0.0732. The fourth-order valence-electron chi connectivity index (χ4n) is 6.60. The van der Waals surface area contributed by atoms with Gasteiger partial charge in [-0.15, -0.1) is 11.8 Å². The molecule has 6 aromatic rings. The average molecular weight is 598 g/mol. The molecule has 2 aliphatic heterocycles. The summed E-state index contributed by atoms with van der Waals surface area (Å²) in [7, 11) is 0. The molecule has 0 aliphatic carbocycles. The molecule has 216 valence electrons. The first-order valence-electron chi connectivity index (χ1n) is 15.3. The number of benzene rings is 6. The number of aliphatic imine (C=N–C) groups is 2. The van der Waals surface area contributed by atoms with E-state index in [1.54, 1.807) is 0 Å². The van der Waals surface area contributed by atoms with E-state index in [0.717, 1.165) is 35.0 Å². The zero-order chi connectivity index (χ0) is 30.2. The minimum Gasteiger partial charge on any atom is -0.335 e. The van der Waals surface area contributed by atoms with Crippen molar-refractivity contribution in [3.05, 3.63) is 174 Å². The van der Waals surface area contributed by atoms with Crippen LogP contribution in [-0.2, 0) is 6.54 Å². The van der Waals surface area contributed by atoms with Crippen molar-refractivity contribution in [2.45, 2.75) is 22.6 Å². The van der Waals surface area contributed by atoms with Gasteiger partial charge >= 0.3 is 0 Å². The summed E-state index contributed by atoms with van der Waals surface area (Å²) in [5.74, 6) is 0.326. The van der Waals surface area contributed by atoms with Gasteiger partial charge in [0, 0.05) is 23.0 Å². The Bertz CT molecular complexity index is 2030. The molecule has 0 saturated heterocycles. The highest BCUT2D eigenvalue weighted by atomic mass is 32.2. The van der Waals surface area contributed by atoms with Crippen molar-refractivity contribution in [3.8, 4) is 11.1 Å². The fourth-order valence-corrected chi connectivity index (χ4v) is 8.09. The second-order valence-corrected chi connectivity index (χ2v) is 12.6. The quantitative estimate of drug-likeness (QED) is 0.171. The molecule has 2 atom stereocenters. The van der Waals surface area contributed by atoms with E-state index in [9.17, 15) is 0 Å². The third kappa shape index (κ3) is 5.07. The van der Waals surface area contributed by atoms with Crippen LogP contribution >= 0.6 is 11.8 Å². The van der Waals surface area contributed by atoms with E-state index in [-0.39, 0.29) is 5.25 Å². The number of thioether (sulfide) groups is 1. The maximum Gasteiger partial charge on any atom is 0.0859 e. The largest absolute Gasteiger partial charge is 0.335 e. The van der Waals surface area contributed by atoms with Crippen LogP contribution in [0.1, 0.15) is 28.2 Å². The normalized spacial score (nSPS) is 16.2. The summed E-state index contributed by atoms with van der Waals surface area (Å²) in [6.45, 7) is 4.53. The Morgan fingerprint density at radius 3 is 2.02 bits per heavy atom. The first kappa shape index (κ1) is 27.4. The zero-order valence-electron chi connectivity index (χ0n) is 24.8. The van der Waals surface area contributed by atoms with E-state index in [4.69, 9.17) is 4.99 Å². The van der Waals surface area contributed by atoms with Crippen LogP contribution in [0.4, 0.5) is 22.7 Å². The van der Waals surface area contributed by atoms with Gasteiger partial charge in [-0.05, 0) is 76.5 Å². The van der Waals surface area contributed by atoms with Crippen LogP contribution < -0.4 is 4.90 Å². The molecular weight excluding hydrogens is 567 g/mol. The minimum absolute atomic E-state index is 0.274. The molecule has 0 N–H and O–H groups in total. The highest BCUT2D eigenvalue weighted by molar-refractivity contribution is 8.01. The van der Waals surface area contributed by atoms with E-state index in [2.05, 4.69) is 150 Å². The van der Waals surface area contributed by atoms with E-state index in [1.807, 2.05) is 30.0 Å². The summed E-state index contributed by atoms with van der Waals surface area (Å²) in [5, 5.41) is 0.274. The van der Waals surface area contributed by atoms with Gasteiger partial charge in [-0.25, -0.2) is 0 Å². The summed E-state index contributed by atoms with van der Waals surface area (Å²) in [5.41, 5.74) is 12.8. The van der Waals surface area contributed by atoms with E-state index in [0.29, 0.717) is 5.92 Å². The van der Waals surface area contributed by atoms with Crippen LogP contribution in [-0.4, -0.2) is 17.7 Å². The van der Waals surface area contributed by atoms with Crippen molar-refractivity contribution in [3.63, 3.8) is 0 Å². The monoisotopic (exact) mass is 597 g/mol. The molecule has 8 rings (SSSR count). The number of hydrogen-bond donors (Lipinski definition) is 0. The smallest absolute Gasteiger partial charge is 0.0859 e. The van der Waals surface area contributed by atoms with Crippen LogP contribution in [0.3, 0.4) is 0 Å². The van der Waals surface area contributed by atoms with E-state index in [1.165, 1.54) is 38.3 Å². The molecular formula is C41H31N3S. The van der Waals surface area contributed by atoms with E-state index >= 15 is 0 Å². The van der Waals surface area contributed by atoms with Gasteiger partial charge in [-0.1, -0.05) is 115 Å². The maximum absolute atomic E-state index is 5.23. The Hall–Kier alpha value is -5.19. The lowest BCUT2D eigenvalue weighted by Gasteiger charge is -2.28. The molecule has 6 aromatic carbocycles. The Morgan fingerprint density at radius 2 is 1.24 bits per heavy atom. The summed E-state index contributed by atoms with van der Waals surface area (Å²) >= 11 is 1.95. The Balaban J connectivity index is 1.07. The van der Waals surface area contributed by atoms with Gasteiger partial charge in [0.05, 0.1) is 28.0 Å². The number of rotatable bonds is 7. The molecule has 4 heteroatoms. The van der Waals surface area contributed by atoms with E-state index < -0.39 is 0 Å². The van der Waals surface area contributed by atoms with Gasteiger partial charge in [0.1, 0.15) is 0 Å². The van der Waals surface area contributed by atoms with Crippen molar-refractivity contribution in [1.29, 1.82) is 0 Å². The minimum atomic E-state index is 0.274. The lowest BCUT2D eigenvalue weighted by Crippen LogP contribution is -2.26. The molecule has 2 heterocycles. The summed E-state index contributed by atoms with van der Waals surface area (Å²) in [6.07, 6.45) is 0. The third-order valence-corrected chi connectivity index (χ3v) is 10.2. The van der Waals surface area contributed by atoms with Crippen molar-refractivity contribution in [2.75, 3.05) is 4.90 Å². The van der Waals surface area contributed by atoms with Crippen molar-refractivity contribution in [1.82, 2.24) is 0 Å². The molecule has 0 saturated carbocycles. The maximum atomic E-state index is 5.23. The molecule has 2 unspecified atom stereocenters. The van der Waals surface area contributed by atoms with Crippen LogP contribution in [0.5, 0.6) is 0 Å². The first-order valence-corrected chi connectivity index (χ1v) is 16.2. The van der Waals surface area contributed by atoms with Crippen LogP contribution in [0.25, 0.3) is 11.1 Å². The Kier molecular flexibility index (Phi) is 7.13. The zero-order valence-corrected chi connectivity index (χ0v) is 25.6. The standard InChI is InChI=1S/C41H31N3S/c1-42-36-16-8-9-17-37(36)44(32-11-3-2-4-12-32)27-28-19-21-29(22-20-28)30-23-25-31(26-24-30)40-41-39(33-13-5-7-15-35(33)43-40)34-14-6-10-18-38(34)45-41/h2-26,39,41H,1,27H2. The molecule has 3 nitrogen and oxygen atoms in total. The lowest BCUT2D eigenvalue weighted by atomic mass is 9.82. The van der Waals surface area contributed by atoms with Crippen LogP contribution in [0.2, 0.25) is 0 Å². The second kappa shape index (κ2) is 11.7. The van der Waals surface area contributed by atoms with Gasteiger partial charge in [-0.2, -0.15) is 0 Å². The number of hydrogen-bond acceptors (Lipinski definition) is 4. The highest BCUT2D eigenvalue weighted by Crippen LogP contribution is 2.54. The molecule has 45 heavy (non-hydrogen) atoms. The molecule has 0 amide bonds. The second-order valence-electron chi connectivity index (χ2n) is 11.5. The van der Waals surface area contributed by atoms with Crippen LogP contribution in [0.15, 0.2) is 167 Å². The summed E-state index contributed by atoms with van der Waals surface area (Å²) < 4.78 is 0. The predicted octanol–water partition coefficient (Wildman–Crippen LogP) is 10.8. The van der Waals surface area contributed by atoms with Crippen LogP contribution in [0, 0.1) is 0 Å². The molecule has 0 bridgehead atoms. The SMILES string of the molecule is C=Nc1ccccc1N(Cc1ccc(-c2ccc(C3=Nc4ccccc4C4c5ccccc5SC34)cc2)cc1)c1ccccc1. The topological polar surface area (TPSA) is 28.0 Å². The Labute approximate surface area is 268 Å².